The van der Waals surface area contributed by atoms with Crippen molar-refractivity contribution in [2.75, 3.05) is 0 Å². The Labute approximate surface area is 130 Å². The first kappa shape index (κ1) is 15.2. The van der Waals surface area contributed by atoms with Crippen LogP contribution in [-0.2, 0) is 11.3 Å². The number of aryl methyl sites for hydroxylation is 1. The minimum absolute atomic E-state index is 0.0929. The van der Waals surface area contributed by atoms with E-state index in [1.54, 1.807) is 28.9 Å². The van der Waals surface area contributed by atoms with Gasteiger partial charge in [0.2, 0.25) is 0 Å². The minimum Gasteiger partial charge on any atom is -0.508 e. The second kappa shape index (κ2) is 6.53. The van der Waals surface area contributed by atoms with Gasteiger partial charge in [-0.1, -0.05) is 12.1 Å². The van der Waals surface area contributed by atoms with Gasteiger partial charge in [0.25, 0.3) is 5.91 Å². The standard InChI is InChI=1S/C14H15BrN4O2/c1-9-14(15)10(2)19(18-9)8-13(21)17-16-7-11-4-3-5-12(20)6-11/h3-7,20H,8H2,1-2H3,(H,17,21). The summed E-state index contributed by atoms with van der Waals surface area (Å²) in [5.74, 6) is -0.123. The van der Waals surface area contributed by atoms with Crippen molar-refractivity contribution in [1.82, 2.24) is 15.2 Å². The first-order chi connectivity index (χ1) is 9.97. The van der Waals surface area contributed by atoms with Crippen LogP contribution in [0.4, 0.5) is 0 Å². The molecule has 0 bridgehead atoms. The van der Waals surface area contributed by atoms with Crippen molar-refractivity contribution in [3.8, 4) is 5.75 Å². The fraction of sp³-hybridized carbons (Fsp3) is 0.214. The molecule has 0 aliphatic rings. The molecule has 0 saturated carbocycles. The van der Waals surface area contributed by atoms with E-state index in [0.717, 1.165) is 15.9 Å². The number of phenols is 1. The molecular weight excluding hydrogens is 336 g/mol. The van der Waals surface area contributed by atoms with Crippen LogP contribution in [0.5, 0.6) is 5.75 Å². The molecule has 1 aromatic carbocycles. The summed E-state index contributed by atoms with van der Waals surface area (Å²) in [6.07, 6.45) is 1.47. The quantitative estimate of drug-likeness (QED) is 0.654. The smallest absolute Gasteiger partial charge is 0.261 e. The van der Waals surface area contributed by atoms with Gasteiger partial charge in [0.1, 0.15) is 12.3 Å². The summed E-state index contributed by atoms with van der Waals surface area (Å²) in [5.41, 5.74) is 4.85. The monoisotopic (exact) mass is 350 g/mol. The van der Waals surface area contributed by atoms with Crippen LogP contribution in [0.3, 0.4) is 0 Å². The lowest BCUT2D eigenvalue weighted by Gasteiger charge is -2.03. The fourth-order valence-corrected chi connectivity index (χ4v) is 2.07. The van der Waals surface area contributed by atoms with Crippen molar-refractivity contribution in [1.29, 1.82) is 0 Å². The van der Waals surface area contributed by atoms with Gasteiger partial charge in [-0.05, 0) is 47.5 Å². The topological polar surface area (TPSA) is 79.5 Å². The van der Waals surface area contributed by atoms with E-state index >= 15 is 0 Å². The second-order valence-corrected chi connectivity index (χ2v) is 5.32. The molecule has 0 aliphatic carbocycles. The number of hydrogen-bond donors (Lipinski definition) is 2. The number of benzene rings is 1. The zero-order chi connectivity index (χ0) is 15.4. The molecule has 1 amide bonds. The number of amides is 1. The van der Waals surface area contributed by atoms with Gasteiger partial charge in [0, 0.05) is 0 Å². The summed E-state index contributed by atoms with van der Waals surface area (Å²) in [4.78, 5) is 11.8. The van der Waals surface area contributed by atoms with Crippen LogP contribution in [0.1, 0.15) is 17.0 Å². The Balaban J connectivity index is 1.94. The number of phenolic OH excluding ortho intramolecular Hbond substituents is 1. The molecule has 2 N–H and O–H groups in total. The summed E-state index contributed by atoms with van der Waals surface area (Å²) in [6.45, 7) is 3.84. The van der Waals surface area contributed by atoms with Gasteiger partial charge < -0.3 is 5.11 Å². The van der Waals surface area contributed by atoms with Crippen LogP contribution in [0.2, 0.25) is 0 Å². The highest BCUT2D eigenvalue weighted by molar-refractivity contribution is 9.10. The third-order valence-corrected chi connectivity index (χ3v) is 4.01. The molecule has 0 fully saturated rings. The summed E-state index contributed by atoms with van der Waals surface area (Å²) in [6, 6.07) is 6.59. The van der Waals surface area contributed by atoms with Crippen LogP contribution in [0.25, 0.3) is 0 Å². The summed E-state index contributed by atoms with van der Waals surface area (Å²) in [5, 5.41) is 17.4. The van der Waals surface area contributed by atoms with Gasteiger partial charge >= 0.3 is 0 Å². The SMILES string of the molecule is Cc1nn(CC(=O)NN=Cc2cccc(O)c2)c(C)c1Br. The normalized spacial score (nSPS) is 11.0. The van der Waals surface area contributed by atoms with Gasteiger partial charge in [-0.3, -0.25) is 9.48 Å². The lowest BCUT2D eigenvalue weighted by atomic mass is 10.2. The molecule has 0 radical (unpaired) electrons. The third kappa shape index (κ3) is 3.91. The molecule has 21 heavy (non-hydrogen) atoms. The number of nitrogens with one attached hydrogen (secondary N) is 1. The maximum absolute atomic E-state index is 11.8. The van der Waals surface area contributed by atoms with E-state index in [2.05, 4.69) is 31.6 Å². The van der Waals surface area contributed by atoms with E-state index in [0.29, 0.717) is 5.56 Å². The molecule has 110 valence electrons. The zero-order valence-electron chi connectivity index (χ0n) is 11.7. The van der Waals surface area contributed by atoms with E-state index in [1.165, 1.54) is 6.21 Å². The maximum atomic E-state index is 11.8. The molecule has 0 atom stereocenters. The third-order valence-electron chi connectivity index (χ3n) is 2.86. The average molecular weight is 351 g/mol. The number of hydrazone groups is 1. The number of aromatic hydroxyl groups is 1. The Morgan fingerprint density at radius 1 is 1.52 bits per heavy atom. The maximum Gasteiger partial charge on any atom is 0.261 e. The highest BCUT2D eigenvalue weighted by atomic mass is 79.9. The van der Waals surface area contributed by atoms with Crippen LogP contribution in [0, 0.1) is 13.8 Å². The Hall–Kier alpha value is -2.15. The molecule has 1 aromatic heterocycles. The van der Waals surface area contributed by atoms with Gasteiger partial charge in [0.05, 0.1) is 22.1 Å². The fourth-order valence-electron chi connectivity index (χ4n) is 1.78. The number of carbonyl (C=O) groups is 1. The molecule has 2 rings (SSSR count). The van der Waals surface area contributed by atoms with Crippen molar-refractivity contribution in [2.24, 2.45) is 5.10 Å². The van der Waals surface area contributed by atoms with E-state index in [1.807, 2.05) is 13.8 Å². The van der Waals surface area contributed by atoms with Crippen LogP contribution in [-0.4, -0.2) is 27.0 Å². The summed E-state index contributed by atoms with van der Waals surface area (Å²) in [7, 11) is 0. The minimum atomic E-state index is -0.274. The number of nitrogens with zero attached hydrogens (tertiary/aromatic N) is 3. The van der Waals surface area contributed by atoms with Crippen molar-refractivity contribution in [2.45, 2.75) is 20.4 Å². The Kier molecular flexibility index (Phi) is 4.74. The summed E-state index contributed by atoms with van der Waals surface area (Å²) >= 11 is 3.41. The lowest BCUT2D eigenvalue weighted by molar-refractivity contribution is -0.121. The lowest BCUT2D eigenvalue weighted by Crippen LogP contribution is -2.24. The molecule has 0 saturated heterocycles. The molecule has 2 aromatic rings. The molecular formula is C14H15BrN4O2. The first-order valence-electron chi connectivity index (χ1n) is 6.28. The Morgan fingerprint density at radius 3 is 2.90 bits per heavy atom. The van der Waals surface area contributed by atoms with Crippen molar-refractivity contribution in [3.63, 3.8) is 0 Å². The van der Waals surface area contributed by atoms with Crippen molar-refractivity contribution < 1.29 is 9.90 Å². The van der Waals surface area contributed by atoms with Gasteiger partial charge in [-0.2, -0.15) is 10.2 Å². The van der Waals surface area contributed by atoms with Gasteiger partial charge in [-0.15, -0.1) is 0 Å². The van der Waals surface area contributed by atoms with E-state index < -0.39 is 0 Å². The number of hydrogen-bond acceptors (Lipinski definition) is 4. The molecule has 0 spiro atoms. The highest BCUT2D eigenvalue weighted by Gasteiger charge is 2.11. The number of rotatable bonds is 4. The average Bonchev–Trinajstić information content (AvgIpc) is 2.66. The van der Waals surface area contributed by atoms with Crippen LogP contribution < -0.4 is 5.43 Å². The van der Waals surface area contributed by atoms with Gasteiger partial charge in [0.15, 0.2) is 0 Å². The molecule has 0 unspecified atom stereocenters. The Morgan fingerprint density at radius 2 is 2.29 bits per heavy atom. The van der Waals surface area contributed by atoms with E-state index in [4.69, 9.17) is 0 Å². The molecule has 7 heteroatoms. The highest BCUT2D eigenvalue weighted by Crippen LogP contribution is 2.19. The number of halogens is 1. The summed E-state index contributed by atoms with van der Waals surface area (Å²) < 4.78 is 2.51. The zero-order valence-corrected chi connectivity index (χ0v) is 13.3. The van der Waals surface area contributed by atoms with Crippen LogP contribution >= 0.6 is 15.9 Å². The second-order valence-electron chi connectivity index (χ2n) is 4.53. The largest absolute Gasteiger partial charge is 0.508 e. The predicted octanol–water partition coefficient (Wildman–Crippen LogP) is 2.12. The van der Waals surface area contributed by atoms with Crippen molar-refractivity contribution >= 4 is 28.1 Å². The van der Waals surface area contributed by atoms with E-state index in [9.17, 15) is 9.90 Å². The molecule has 6 nitrogen and oxygen atoms in total. The molecule has 1 heterocycles. The number of aromatic nitrogens is 2. The first-order valence-corrected chi connectivity index (χ1v) is 7.07. The predicted molar refractivity (Wildman–Crippen MR) is 83.2 cm³/mol. The van der Waals surface area contributed by atoms with Crippen LogP contribution in [0.15, 0.2) is 33.8 Å². The van der Waals surface area contributed by atoms with Crippen molar-refractivity contribution in [3.05, 3.63) is 45.7 Å². The van der Waals surface area contributed by atoms with E-state index in [-0.39, 0.29) is 18.2 Å². The van der Waals surface area contributed by atoms with Gasteiger partial charge in [-0.25, -0.2) is 5.43 Å². The Bertz CT molecular complexity index is 694. The molecule has 0 aliphatic heterocycles. The number of carbonyl (C=O) groups excluding carboxylic acids is 1.